The summed E-state index contributed by atoms with van der Waals surface area (Å²) in [5.41, 5.74) is 4.70. The Hall–Kier alpha value is -3.26. The molecule has 112 valence electrons. The molecule has 2 nitrogen and oxygen atoms in total. The second kappa shape index (κ2) is 4.18. The zero-order chi connectivity index (χ0) is 15.7. The minimum absolute atomic E-state index is 0.978. The molecule has 2 aliphatic heterocycles. The van der Waals surface area contributed by atoms with E-state index in [0.29, 0.717) is 0 Å². The fourth-order valence-electron chi connectivity index (χ4n) is 3.57. The molecule has 0 N–H and O–H groups in total. The van der Waals surface area contributed by atoms with Crippen LogP contribution in [0.3, 0.4) is 0 Å². The van der Waals surface area contributed by atoms with Crippen LogP contribution < -0.4 is 9.47 Å². The Morgan fingerprint density at radius 2 is 1.21 bits per heavy atom. The van der Waals surface area contributed by atoms with E-state index in [0.717, 1.165) is 34.1 Å². The topological polar surface area (TPSA) is 25.1 Å². The molecule has 4 aromatic rings. The molecule has 4 aromatic carbocycles. The predicted octanol–water partition coefficient (Wildman–Crippen LogP) is 6.39. The van der Waals surface area contributed by atoms with E-state index in [9.17, 15) is 0 Å². The highest BCUT2D eigenvalue weighted by molar-refractivity contribution is 6.07. The number of para-hydroxylation sites is 2. The third-order valence-corrected chi connectivity index (χ3v) is 4.79. The Morgan fingerprint density at radius 3 is 2.04 bits per heavy atom. The van der Waals surface area contributed by atoms with Crippen LogP contribution in [0.25, 0.3) is 33.0 Å². The summed E-state index contributed by atoms with van der Waals surface area (Å²) in [5.74, 6) is 3.94. The Kier molecular flexibility index (Phi) is 2.12. The van der Waals surface area contributed by atoms with Gasteiger partial charge in [-0.15, -0.1) is 0 Å². The van der Waals surface area contributed by atoms with Crippen LogP contribution in [-0.4, -0.2) is 0 Å². The zero-order valence-electron chi connectivity index (χ0n) is 12.7. The molecule has 24 heavy (non-hydrogen) atoms. The average Bonchev–Trinajstić information content (AvgIpc) is 3.53. The van der Waals surface area contributed by atoms with Gasteiger partial charge in [0.2, 0.25) is 0 Å². The van der Waals surface area contributed by atoms with Gasteiger partial charge in [-0.25, -0.2) is 0 Å². The van der Waals surface area contributed by atoms with Gasteiger partial charge in [0.15, 0.2) is 23.0 Å². The molecule has 0 amide bonds. The SMILES string of the molecule is c1cc2c(c(-c3ccc4ccccc4c3-c3cccc4c3O4)c1)O2. The van der Waals surface area contributed by atoms with Gasteiger partial charge in [-0.3, -0.25) is 0 Å². The van der Waals surface area contributed by atoms with Crippen LogP contribution in [0.5, 0.6) is 23.0 Å². The number of ether oxygens (including phenoxy) is 2. The number of rotatable bonds is 2. The third kappa shape index (κ3) is 1.60. The summed E-state index contributed by atoms with van der Waals surface area (Å²) >= 11 is 0. The minimum atomic E-state index is 0.978. The summed E-state index contributed by atoms with van der Waals surface area (Å²) in [6.45, 7) is 0. The van der Waals surface area contributed by atoms with Gasteiger partial charge >= 0.3 is 0 Å². The lowest BCUT2D eigenvalue weighted by Gasteiger charge is -2.12. The van der Waals surface area contributed by atoms with E-state index in [-0.39, 0.29) is 0 Å². The number of benzene rings is 4. The summed E-state index contributed by atoms with van der Waals surface area (Å²) < 4.78 is 11.3. The van der Waals surface area contributed by atoms with Crippen molar-refractivity contribution in [3.63, 3.8) is 0 Å². The fourth-order valence-corrected chi connectivity index (χ4v) is 3.57. The van der Waals surface area contributed by atoms with Gasteiger partial charge in [0.1, 0.15) is 0 Å². The first-order chi connectivity index (χ1) is 11.9. The van der Waals surface area contributed by atoms with E-state index in [4.69, 9.17) is 9.47 Å². The van der Waals surface area contributed by atoms with E-state index >= 15 is 0 Å². The predicted molar refractivity (Wildman–Crippen MR) is 95.0 cm³/mol. The minimum Gasteiger partial charge on any atom is -0.449 e. The first kappa shape index (κ1) is 12.2. The van der Waals surface area contributed by atoms with Crippen molar-refractivity contribution >= 4 is 10.8 Å². The van der Waals surface area contributed by atoms with Gasteiger partial charge in [-0.05, 0) is 28.5 Å². The molecule has 0 spiro atoms. The standard InChI is InChI=1S/C22H12O2/c1-2-6-14-13(5-1)11-12-15(16-7-3-9-18-21(16)23-18)20(14)17-8-4-10-19-22(17)24-19/h1-12H. The van der Waals surface area contributed by atoms with E-state index < -0.39 is 0 Å². The molecule has 0 atom stereocenters. The lowest BCUT2D eigenvalue weighted by molar-refractivity contribution is 0.650. The molecule has 0 saturated carbocycles. The number of fused-ring (bicyclic) bond motifs is 3. The number of hydrogen-bond donors (Lipinski definition) is 0. The number of hydrogen-bond acceptors (Lipinski definition) is 2. The first-order valence-corrected chi connectivity index (χ1v) is 8.04. The van der Waals surface area contributed by atoms with Crippen molar-refractivity contribution < 1.29 is 9.47 Å². The maximum atomic E-state index is 5.67. The van der Waals surface area contributed by atoms with Gasteiger partial charge in [0.25, 0.3) is 0 Å². The van der Waals surface area contributed by atoms with Crippen LogP contribution in [0, 0.1) is 0 Å². The Labute approximate surface area is 138 Å². The van der Waals surface area contributed by atoms with Crippen molar-refractivity contribution in [3.8, 4) is 45.3 Å². The second-order valence-electron chi connectivity index (χ2n) is 6.18. The van der Waals surface area contributed by atoms with Crippen LogP contribution in [0.1, 0.15) is 0 Å². The lowest BCUT2D eigenvalue weighted by atomic mass is 9.90. The van der Waals surface area contributed by atoms with Gasteiger partial charge in [-0.2, -0.15) is 0 Å². The van der Waals surface area contributed by atoms with Crippen molar-refractivity contribution in [2.45, 2.75) is 0 Å². The summed E-state index contributed by atoms with van der Waals surface area (Å²) in [7, 11) is 0. The summed E-state index contributed by atoms with van der Waals surface area (Å²) in [6.07, 6.45) is 0. The van der Waals surface area contributed by atoms with Crippen LogP contribution in [0.15, 0.2) is 72.8 Å². The molecule has 0 fully saturated rings. The van der Waals surface area contributed by atoms with Crippen molar-refractivity contribution in [2.24, 2.45) is 0 Å². The average molecular weight is 308 g/mol. The normalized spacial score (nSPS) is 12.8. The summed E-state index contributed by atoms with van der Waals surface area (Å²) in [6, 6.07) is 25.3. The molecule has 0 aromatic heterocycles. The van der Waals surface area contributed by atoms with E-state index in [1.165, 1.54) is 21.9 Å². The monoisotopic (exact) mass is 308 g/mol. The Bertz CT molecular complexity index is 1160. The van der Waals surface area contributed by atoms with Crippen molar-refractivity contribution in [3.05, 3.63) is 72.8 Å². The molecule has 0 aliphatic carbocycles. The maximum Gasteiger partial charge on any atom is 0.177 e. The van der Waals surface area contributed by atoms with Crippen LogP contribution >= 0.6 is 0 Å². The summed E-state index contributed by atoms with van der Waals surface area (Å²) in [5, 5.41) is 2.46. The molecule has 0 unspecified atom stereocenters. The van der Waals surface area contributed by atoms with E-state index in [1.54, 1.807) is 0 Å². The van der Waals surface area contributed by atoms with Crippen LogP contribution in [-0.2, 0) is 0 Å². The third-order valence-electron chi connectivity index (χ3n) is 4.79. The van der Waals surface area contributed by atoms with E-state index in [2.05, 4.69) is 54.6 Å². The highest BCUT2D eigenvalue weighted by Crippen LogP contribution is 2.57. The van der Waals surface area contributed by atoms with Crippen LogP contribution in [0.4, 0.5) is 0 Å². The fraction of sp³-hybridized carbons (Fsp3) is 0. The highest BCUT2D eigenvalue weighted by Gasteiger charge is 2.30. The molecule has 2 aliphatic rings. The largest absolute Gasteiger partial charge is 0.449 e. The van der Waals surface area contributed by atoms with Crippen molar-refractivity contribution in [1.82, 2.24) is 0 Å². The molecule has 2 heteroatoms. The zero-order valence-corrected chi connectivity index (χ0v) is 12.7. The molecule has 0 bridgehead atoms. The molecule has 0 saturated heterocycles. The quantitative estimate of drug-likeness (QED) is 0.346. The second-order valence-corrected chi connectivity index (χ2v) is 6.18. The smallest absolute Gasteiger partial charge is 0.177 e. The van der Waals surface area contributed by atoms with Gasteiger partial charge in [-0.1, -0.05) is 60.7 Å². The van der Waals surface area contributed by atoms with Crippen LogP contribution in [0.2, 0.25) is 0 Å². The first-order valence-electron chi connectivity index (χ1n) is 8.04. The molecule has 0 radical (unpaired) electrons. The molecule has 6 rings (SSSR count). The molecule has 2 heterocycles. The lowest BCUT2D eigenvalue weighted by Crippen LogP contribution is -1.86. The van der Waals surface area contributed by atoms with E-state index in [1.807, 2.05) is 18.2 Å². The Balaban J connectivity index is 1.74. The van der Waals surface area contributed by atoms with Gasteiger partial charge < -0.3 is 9.47 Å². The van der Waals surface area contributed by atoms with Crippen molar-refractivity contribution in [1.29, 1.82) is 0 Å². The Morgan fingerprint density at radius 1 is 0.500 bits per heavy atom. The van der Waals surface area contributed by atoms with Gasteiger partial charge in [0, 0.05) is 16.7 Å². The van der Waals surface area contributed by atoms with Gasteiger partial charge in [0.05, 0.1) is 0 Å². The summed E-state index contributed by atoms with van der Waals surface area (Å²) in [4.78, 5) is 0. The van der Waals surface area contributed by atoms with Crippen molar-refractivity contribution in [2.75, 3.05) is 0 Å². The molecular weight excluding hydrogens is 296 g/mol. The molecular formula is C22H12O2. The highest BCUT2D eigenvalue weighted by atomic mass is 16.6. The maximum absolute atomic E-state index is 5.67.